The Morgan fingerprint density at radius 2 is 1.68 bits per heavy atom. The van der Waals surface area contributed by atoms with Crippen molar-refractivity contribution in [3.8, 4) is 5.75 Å². The first kappa shape index (κ1) is 14.5. The van der Waals surface area contributed by atoms with E-state index in [2.05, 4.69) is 16.0 Å². The standard InChI is InChI=1S/C12H15N3O4/c1-8(16)13-6-7-14-11(18)12(19)15-9-4-2-3-5-10(9)17/h2-5,17H,6-7H2,1H3,(H,13,16)(H,14,18)(H,15,19). The molecule has 0 aromatic heterocycles. The number of nitrogens with one attached hydrogen (secondary N) is 3. The lowest BCUT2D eigenvalue weighted by Crippen LogP contribution is -2.39. The summed E-state index contributed by atoms with van der Waals surface area (Å²) in [5.41, 5.74) is 0.157. The second-order valence-electron chi connectivity index (χ2n) is 3.71. The van der Waals surface area contributed by atoms with Crippen molar-refractivity contribution in [2.75, 3.05) is 18.4 Å². The van der Waals surface area contributed by atoms with Crippen LogP contribution in [0, 0.1) is 0 Å². The molecule has 7 heteroatoms. The van der Waals surface area contributed by atoms with Crippen molar-refractivity contribution < 1.29 is 19.5 Å². The third-order valence-electron chi connectivity index (χ3n) is 2.14. The molecule has 0 aliphatic carbocycles. The van der Waals surface area contributed by atoms with E-state index in [1.807, 2.05) is 0 Å². The van der Waals surface area contributed by atoms with Gasteiger partial charge in [0, 0.05) is 20.0 Å². The average molecular weight is 265 g/mol. The van der Waals surface area contributed by atoms with Crippen molar-refractivity contribution in [2.24, 2.45) is 0 Å². The maximum atomic E-state index is 11.5. The Kier molecular flexibility index (Phi) is 5.34. The molecule has 0 bridgehead atoms. The van der Waals surface area contributed by atoms with Crippen LogP contribution >= 0.6 is 0 Å². The zero-order valence-corrected chi connectivity index (χ0v) is 10.4. The highest BCUT2D eigenvalue weighted by Gasteiger charge is 2.14. The Bertz CT molecular complexity index is 488. The highest BCUT2D eigenvalue weighted by molar-refractivity contribution is 6.39. The number of phenolic OH excluding ortho intramolecular Hbond substituents is 1. The predicted molar refractivity (Wildman–Crippen MR) is 68.4 cm³/mol. The van der Waals surface area contributed by atoms with Gasteiger partial charge in [0.2, 0.25) is 5.91 Å². The van der Waals surface area contributed by atoms with Gasteiger partial charge in [0.15, 0.2) is 0 Å². The molecule has 102 valence electrons. The van der Waals surface area contributed by atoms with Crippen molar-refractivity contribution in [3.05, 3.63) is 24.3 Å². The van der Waals surface area contributed by atoms with E-state index in [-0.39, 0.29) is 30.4 Å². The summed E-state index contributed by atoms with van der Waals surface area (Å²) in [5.74, 6) is -2.06. The van der Waals surface area contributed by atoms with Crippen LogP contribution in [0.4, 0.5) is 5.69 Å². The molecule has 1 rings (SSSR count). The fourth-order valence-electron chi connectivity index (χ4n) is 1.25. The average Bonchev–Trinajstić information content (AvgIpc) is 2.36. The summed E-state index contributed by atoms with van der Waals surface area (Å²) < 4.78 is 0. The summed E-state index contributed by atoms with van der Waals surface area (Å²) in [6.07, 6.45) is 0. The monoisotopic (exact) mass is 265 g/mol. The molecule has 3 amide bonds. The maximum absolute atomic E-state index is 11.5. The summed E-state index contributed by atoms with van der Waals surface area (Å²) in [7, 11) is 0. The summed E-state index contributed by atoms with van der Waals surface area (Å²) in [5, 5.41) is 16.5. The fourth-order valence-corrected chi connectivity index (χ4v) is 1.25. The molecule has 0 saturated carbocycles. The second kappa shape index (κ2) is 7.00. The van der Waals surface area contributed by atoms with E-state index in [1.165, 1.54) is 19.1 Å². The zero-order valence-electron chi connectivity index (χ0n) is 10.4. The highest BCUT2D eigenvalue weighted by Crippen LogP contribution is 2.20. The van der Waals surface area contributed by atoms with Crippen LogP contribution in [0.15, 0.2) is 24.3 Å². The van der Waals surface area contributed by atoms with E-state index in [4.69, 9.17) is 0 Å². The lowest BCUT2D eigenvalue weighted by atomic mass is 10.3. The minimum Gasteiger partial charge on any atom is -0.506 e. The number of benzene rings is 1. The number of hydrogen-bond acceptors (Lipinski definition) is 4. The number of carbonyl (C=O) groups excluding carboxylic acids is 3. The molecule has 0 spiro atoms. The Hall–Kier alpha value is -2.57. The quantitative estimate of drug-likeness (QED) is 0.337. The third kappa shape index (κ3) is 5.07. The van der Waals surface area contributed by atoms with Crippen molar-refractivity contribution in [2.45, 2.75) is 6.92 Å². The van der Waals surface area contributed by atoms with Gasteiger partial charge < -0.3 is 21.1 Å². The third-order valence-corrected chi connectivity index (χ3v) is 2.14. The van der Waals surface area contributed by atoms with Crippen LogP contribution in [0.25, 0.3) is 0 Å². The molecule has 1 aromatic rings. The minimum absolute atomic E-state index is 0.123. The molecular formula is C12H15N3O4. The van der Waals surface area contributed by atoms with Gasteiger partial charge in [-0.25, -0.2) is 0 Å². The highest BCUT2D eigenvalue weighted by atomic mass is 16.3. The Morgan fingerprint density at radius 3 is 2.32 bits per heavy atom. The van der Waals surface area contributed by atoms with Crippen LogP contribution in [0.5, 0.6) is 5.75 Å². The fraction of sp³-hybridized carbons (Fsp3) is 0.250. The molecule has 0 aliphatic heterocycles. The molecule has 19 heavy (non-hydrogen) atoms. The first-order chi connectivity index (χ1) is 9.00. The van der Waals surface area contributed by atoms with E-state index in [0.717, 1.165) is 0 Å². The molecule has 0 aliphatic rings. The van der Waals surface area contributed by atoms with Crippen molar-refractivity contribution in [1.82, 2.24) is 10.6 Å². The topological polar surface area (TPSA) is 108 Å². The maximum Gasteiger partial charge on any atom is 0.313 e. The number of phenols is 1. The van der Waals surface area contributed by atoms with E-state index in [1.54, 1.807) is 12.1 Å². The lowest BCUT2D eigenvalue weighted by molar-refractivity contribution is -0.136. The van der Waals surface area contributed by atoms with Crippen molar-refractivity contribution in [1.29, 1.82) is 0 Å². The molecule has 1 aromatic carbocycles. The summed E-state index contributed by atoms with van der Waals surface area (Å²) in [6.45, 7) is 1.74. The van der Waals surface area contributed by atoms with Gasteiger partial charge in [-0.15, -0.1) is 0 Å². The number of amides is 3. The van der Waals surface area contributed by atoms with E-state index in [9.17, 15) is 19.5 Å². The molecule has 0 saturated heterocycles. The van der Waals surface area contributed by atoms with Crippen LogP contribution in [0.2, 0.25) is 0 Å². The Labute approximate surface area is 110 Å². The van der Waals surface area contributed by atoms with Gasteiger partial charge >= 0.3 is 11.8 Å². The van der Waals surface area contributed by atoms with Gasteiger partial charge in [-0.2, -0.15) is 0 Å². The number of hydrogen-bond donors (Lipinski definition) is 4. The summed E-state index contributed by atoms with van der Waals surface area (Å²) >= 11 is 0. The Morgan fingerprint density at radius 1 is 1.05 bits per heavy atom. The van der Waals surface area contributed by atoms with Crippen LogP contribution in [0.1, 0.15) is 6.92 Å². The molecular weight excluding hydrogens is 250 g/mol. The van der Waals surface area contributed by atoms with Crippen LogP contribution in [0.3, 0.4) is 0 Å². The summed E-state index contributed by atoms with van der Waals surface area (Å²) in [4.78, 5) is 33.4. The second-order valence-corrected chi connectivity index (χ2v) is 3.71. The van der Waals surface area contributed by atoms with Gasteiger partial charge in [0.25, 0.3) is 0 Å². The first-order valence-electron chi connectivity index (χ1n) is 5.62. The smallest absolute Gasteiger partial charge is 0.313 e. The lowest BCUT2D eigenvalue weighted by Gasteiger charge is -2.07. The van der Waals surface area contributed by atoms with Gasteiger partial charge in [-0.3, -0.25) is 14.4 Å². The molecule has 7 nitrogen and oxygen atoms in total. The predicted octanol–water partition coefficient (Wildman–Crippen LogP) is -0.417. The number of carbonyl (C=O) groups is 3. The number of rotatable bonds is 4. The molecule has 0 unspecified atom stereocenters. The zero-order chi connectivity index (χ0) is 14.3. The van der Waals surface area contributed by atoms with Gasteiger partial charge in [0.1, 0.15) is 5.75 Å². The van der Waals surface area contributed by atoms with Gasteiger partial charge in [0.05, 0.1) is 5.69 Å². The van der Waals surface area contributed by atoms with Crippen LogP contribution in [-0.4, -0.2) is 35.9 Å². The van der Waals surface area contributed by atoms with E-state index >= 15 is 0 Å². The number of aromatic hydroxyl groups is 1. The number of anilines is 1. The molecule has 0 fully saturated rings. The first-order valence-corrected chi connectivity index (χ1v) is 5.62. The SMILES string of the molecule is CC(=O)NCCNC(=O)C(=O)Nc1ccccc1O. The van der Waals surface area contributed by atoms with E-state index < -0.39 is 11.8 Å². The van der Waals surface area contributed by atoms with Crippen molar-refractivity contribution in [3.63, 3.8) is 0 Å². The van der Waals surface area contributed by atoms with Crippen LogP contribution < -0.4 is 16.0 Å². The molecule has 0 radical (unpaired) electrons. The normalized spacial score (nSPS) is 9.53. The Balaban J connectivity index is 2.39. The van der Waals surface area contributed by atoms with Crippen LogP contribution in [-0.2, 0) is 14.4 Å². The van der Waals surface area contributed by atoms with Gasteiger partial charge in [-0.1, -0.05) is 12.1 Å². The number of para-hydroxylation sites is 2. The van der Waals surface area contributed by atoms with E-state index in [0.29, 0.717) is 0 Å². The summed E-state index contributed by atoms with van der Waals surface area (Å²) in [6, 6.07) is 6.07. The van der Waals surface area contributed by atoms with Gasteiger partial charge in [-0.05, 0) is 12.1 Å². The minimum atomic E-state index is -0.885. The largest absolute Gasteiger partial charge is 0.506 e. The van der Waals surface area contributed by atoms with Crippen molar-refractivity contribution >= 4 is 23.4 Å². The molecule has 0 atom stereocenters. The molecule has 4 N–H and O–H groups in total. The molecule has 0 heterocycles.